The highest BCUT2D eigenvalue weighted by atomic mass is 16.2. The maximum absolute atomic E-state index is 12.0. The molecule has 4 nitrogen and oxygen atoms in total. The van der Waals surface area contributed by atoms with Crippen molar-refractivity contribution < 1.29 is 4.79 Å². The molecule has 1 atom stereocenters. The first kappa shape index (κ1) is 15.3. The Balaban J connectivity index is 1.67. The van der Waals surface area contributed by atoms with Gasteiger partial charge in [-0.15, -0.1) is 0 Å². The van der Waals surface area contributed by atoms with Crippen molar-refractivity contribution in [2.75, 3.05) is 38.6 Å². The van der Waals surface area contributed by atoms with Crippen molar-refractivity contribution in [1.29, 1.82) is 0 Å². The van der Waals surface area contributed by atoms with Gasteiger partial charge in [0.2, 0.25) is 5.91 Å². The van der Waals surface area contributed by atoms with Crippen molar-refractivity contribution in [3.63, 3.8) is 0 Å². The van der Waals surface area contributed by atoms with Gasteiger partial charge in [0, 0.05) is 51.9 Å². The first-order valence-electron chi connectivity index (χ1n) is 8.42. The van der Waals surface area contributed by atoms with Crippen LogP contribution in [0.1, 0.15) is 31.2 Å². The monoisotopic (exact) mass is 301 g/mol. The molecular weight excluding hydrogens is 274 g/mol. The van der Waals surface area contributed by atoms with E-state index in [1.807, 2.05) is 0 Å². The van der Waals surface area contributed by atoms with E-state index in [0.29, 0.717) is 11.9 Å². The van der Waals surface area contributed by atoms with Crippen LogP contribution in [0.15, 0.2) is 24.3 Å². The SMILES string of the molecule is CN(C)c1ccccc1CN1CCC[C@@H](N2CCCC2=O)C1. The lowest BCUT2D eigenvalue weighted by molar-refractivity contribution is -0.130. The van der Waals surface area contributed by atoms with Crippen molar-refractivity contribution in [3.05, 3.63) is 29.8 Å². The quantitative estimate of drug-likeness (QED) is 0.854. The van der Waals surface area contributed by atoms with Crippen molar-refractivity contribution in [2.45, 2.75) is 38.3 Å². The van der Waals surface area contributed by atoms with Gasteiger partial charge in [0.1, 0.15) is 0 Å². The van der Waals surface area contributed by atoms with E-state index < -0.39 is 0 Å². The van der Waals surface area contributed by atoms with Gasteiger partial charge in [-0.05, 0) is 37.4 Å². The van der Waals surface area contributed by atoms with E-state index in [1.54, 1.807) is 0 Å². The van der Waals surface area contributed by atoms with Gasteiger partial charge >= 0.3 is 0 Å². The van der Waals surface area contributed by atoms with Crippen LogP contribution in [0.5, 0.6) is 0 Å². The minimum atomic E-state index is 0.362. The average molecular weight is 301 g/mol. The number of para-hydroxylation sites is 1. The van der Waals surface area contributed by atoms with Gasteiger partial charge in [0.05, 0.1) is 0 Å². The molecule has 2 aliphatic heterocycles. The first-order chi connectivity index (χ1) is 10.6. The van der Waals surface area contributed by atoms with Crippen LogP contribution in [0.2, 0.25) is 0 Å². The molecule has 2 heterocycles. The first-order valence-corrected chi connectivity index (χ1v) is 8.42. The number of hydrogen-bond donors (Lipinski definition) is 0. The molecule has 0 spiro atoms. The summed E-state index contributed by atoms with van der Waals surface area (Å²) >= 11 is 0. The van der Waals surface area contributed by atoms with Crippen LogP contribution in [0.4, 0.5) is 5.69 Å². The van der Waals surface area contributed by atoms with E-state index in [-0.39, 0.29) is 0 Å². The zero-order valence-corrected chi connectivity index (χ0v) is 13.8. The summed E-state index contributed by atoms with van der Waals surface area (Å²) in [6, 6.07) is 9.05. The lowest BCUT2D eigenvalue weighted by Crippen LogP contribution is -2.48. The molecular formula is C18H27N3O. The predicted molar refractivity (Wildman–Crippen MR) is 90.0 cm³/mol. The fraction of sp³-hybridized carbons (Fsp3) is 0.611. The van der Waals surface area contributed by atoms with Crippen LogP contribution < -0.4 is 4.90 Å². The maximum Gasteiger partial charge on any atom is 0.222 e. The molecule has 0 radical (unpaired) electrons. The Morgan fingerprint density at radius 2 is 2.00 bits per heavy atom. The highest BCUT2D eigenvalue weighted by Gasteiger charge is 2.31. The minimum Gasteiger partial charge on any atom is -0.377 e. The topological polar surface area (TPSA) is 26.8 Å². The largest absolute Gasteiger partial charge is 0.377 e. The lowest BCUT2D eigenvalue weighted by Gasteiger charge is -2.38. The van der Waals surface area contributed by atoms with Crippen molar-refractivity contribution >= 4 is 11.6 Å². The van der Waals surface area contributed by atoms with Crippen LogP contribution >= 0.6 is 0 Å². The highest BCUT2D eigenvalue weighted by molar-refractivity contribution is 5.78. The number of hydrogen-bond acceptors (Lipinski definition) is 3. The molecule has 22 heavy (non-hydrogen) atoms. The number of benzene rings is 1. The Bertz CT molecular complexity index is 529. The summed E-state index contributed by atoms with van der Waals surface area (Å²) in [5.74, 6) is 0.362. The summed E-state index contributed by atoms with van der Waals surface area (Å²) in [6.45, 7) is 4.10. The lowest BCUT2D eigenvalue weighted by atomic mass is 10.0. The third-order valence-corrected chi connectivity index (χ3v) is 4.90. The number of piperidine rings is 1. The van der Waals surface area contributed by atoms with Crippen LogP contribution in [0.25, 0.3) is 0 Å². The minimum absolute atomic E-state index is 0.362. The standard InChI is InChI=1S/C18H27N3O/c1-19(2)17-9-4-3-7-15(17)13-20-11-5-8-16(14-20)21-12-6-10-18(21)22/h3-4,7,9,16H,5-6,8,10-14H2,1-2H3/t16-/m1/s1. The summed E-state index contributed by atoms with van der Waals surface area (Å²) in [5.41, 5.74) is 2.67. The van der Waals surface area contributed by atoms with Gasteiger partial charge in [-0.1, -0.05) is 18.2 Å². The molecule has 1 aromatic rings. The van der Waals surface area contributed by atoms with Gasteiger partial charge in [-0.25, -0.2) is 0 Å². The Labute approximate surface area is 133 Å². The summed E-state index contributed by atoms with van der Waals surface area (Å²) in [5, 5.41) is 0. The number of likely N-dealkylation sites (tertiary alicyclic amines) is 2. The van der Waals surface area contributed by atoms with Crippen molar-refractivity contribution in [2.24, 2.45) is 0 Å². The van der Waals surface area contributed by atoms with E-state index in [9.17, 15) is 4.79 Å². The van der Waals surface area contributed by atoms with Gasteiger partial charge < -0.3 is 9.80 Å². The van der Waals surface area contributed by atoms with Gasteiger partial charge in [0.25, 0.3) is 0 Å². The predicted octanol–water partition coefficient (Wildman–Crippen LogP) is 2.34. The third-order valence-electron chi connectivity index (χ3n) is 4.90. The van der Waals surface area contributed by atoms with E-state index in [4.69, 9.17) is 0 Å². The molecule has 2 saturated heterocycles. The Kier molecular flexibility index (Phi) is 4.67. The van der Waals surface area contributed by atoms with E-state index >= 15 is 0 Å². The molecule has 0 N–H and O–H groups in total. The van der Waals surface area contributed by atoms with Gasteiger partial charge in [-0.2, -0.15) is 0 Å². The molecule has 1 aromatic carbocycles. The normalized spacial score (nSPS) is 23.1. The van der Waals surface area contributed by atoms with Crippen molar-refractivity contribution in [3.8, 4) is 0 Å². The van der Waals surface area contributed by atoms with Crippen LogP contribution in [-0.4, -0.2) is 55.5 Å². The number of nitrogens with zero attached hydrogens (tertiary/aromatic N) is 3. The summed E-state index contributed by atoms with van der Waals surface area (Å²) < 4.78 is 0. The smallest absolute Gasteiger partial charge is 0.222 e. The number of carbonyl (C=O) groups is 1. The molecule has 2 aliphatic rings. The fourth-order valence-electron chi connectivity index (χ4n) is 3.81. The summed E-state index contributed by atoms with van der Waals surface area (Å²) in [7, 11) is 4.20. The fourth-order valence-corrected chi connectivity index (χ4v) is 3.81. The molecule has 120 valence electrons. The number of anilines is 1. The molecule has 1 amide bonds. The van der Waals surface area contributed by atoms with E-state index in [1.165, 1.54) is 17.7 Å². The molecule has 4 heteroatoms. The maximum atomic E-state index is 12.0. The molecule has 0 aromatic heterocycles. The molecule has 3 rings (SSSR count). The Morgan fingerprint density at radius 3 is 2.73 bits per heavy atom. The third kappa shape index (κ3) is 3.27. The van der Waals surface area contributed by atoms with Crippen LogP contribution in [0, 0.1) is 0 Å². The second-order valence-electron chi connectivity index (χ2n) is 6.74. The van der Waals surface area contributed by atoms with E-state index in [2.05, 4.69) is 53.1 Å². The number of rotatable bonds is 4. The number of amides is 1. The molecule has 0 aliphatic carbocycles. The molecule has 0 saturated carbocycles. The second kappa shape index (κ2) is 6.69. The van der Waals surface area contributed by atoms with Gasteiger partial charge in [0.15, 0.2) is 0 Å². The zero-order chi connectivity index (χ0) is 15.5. The van der Waals surface area contributed by atoms with Crippen molar-refractivity contribution in [1.82, 2.24) is 9.80 Å². The second-order valence-corrected chi connectivity index (χ2v) is 6.74. The molecule has 0 unspecified atom stereocenters. The Hall–Kier alpha value is -1.55. The number of carbonyl (C=O) groups excluding carboxylic acids is 1. The average Bonchev–Trinajstić information content (AvgIpc) is 2.94. The summed E-state index contributed by atoms with van der Waals surface area (Å²) in [6.07, 6.45) is 4.15. The van der Waals surface area contributed by atoms with Crippen LogP contribution in [-0.2, 0) is 11.3 Å². The zero-order valence-electron chi connectivity index (χ0n) is 13.8. The molecule has 0 bridgehead atoms. The highest BCUT2D eigenvalue weighted by Crippen LogP contribution is 2.25. The van der Waals surface area contributed by atoms with E-state index in [0.717, 1.165) is 45.4 Å². The van der Waals surface area contributed by atoms with Crippen LogP contribution in [0.3, 0.4) is 0 Å². The molecule has 2 fully saturated rings. The summed E-state index contributed by atoms with van der Waals surface area (Å²) in [4.78, 5) is 18.8. The van der Waals surface area contributed by atoms with Gasteiger partial charge in [-0.3, -0.25) is 9.69 Å². The Morgan fingerprint density at radius 1 is 1.18 bits per heavy atom.